The second-order valence-electron chi connectivity index (χ2n) is 4.72. The summed E-state index contributed by atoms with van der Waals surface area (Å²) in [6, 6.07) is 9.32. The van der Waals surface area contributed by atoms with E-state index >= 15 is 0 Å². The number of rotatable bonds is 6. The first kappa shape index (κ1) is 17.8. The van der Waals surface area contributed by atoms with Crippen molar-refractivity contribution in [3.63, 3.8) is 0 Å². The maximum atomic E-state index is 14.0. The zero-order chi connectivity index (χ0) is 17.7. The van der Waals surface area contributed by atoms with Crippen LogP contribution in [0.15, 0.2) is 42.5 Å². The van der Waals surface area contributed by atoms with Crippen molar-refractivity contribution >= 4 is 15.9 Å². The lowest BCUT2D eigenvalue weighted by molar-refractivity contribution is 0.0980. The molecule has 6 nitrogen and oxygen atoms in total. The highest BCUT2D eigenvalue weighted by molar-refractivity contribution is 7.90. The van der Waals surface area contributed by atoms with Crippen molar-refractivity contribution in [1.29, 1.82) is 0 Å². The van der Waals surface area contributed by atoms with Gasteiger partial charge in [0.1, 0.15) is 5.75 Å². The van der Waals surface area contributed by atoms with Crippen molar-refractivity contribution in [3.8, 4) is 11.5 Å². The summed E-state index contributed by atoms with van der Waals surface area (Å²) in [7, 11) is -3.96. The minimum Gasteiger partial charge on any atom is -0.451 e. The van der Waals surface area contributed by atoms with Gasteiger partial charge >= 0.3 is 0 Å². The second kappa shape index (κ2) is 7.37. The smallest absolute Gasteiger partial charge is 0.264 e. The van der Waals surface area contributed by atoms with Crippen LogP contribution in [0.5, 0.6) is 11.5 Å². The maximum absolute atomic E-state index is 14.0. The zero-order valence-electron chi connectivity index (χ0n) is 12.3. The Hall–Kier alpha value is -2.52. The Kier molecular flexibility index (Phi) is 5.47. The van der Waals surface area contributed by atoms with Gasteiger partial charge in [-0.15, -0.1) is 0 Å². The molecule has 0 aliphatic carbocycles. The third-order valence-electron chi connectivity index (χ3n) is 2.86. The van der Waals surface area contributed by atoms with Gasteiger partial charge in [-0.3, -0.25) is 4.79 Å². The molecule has 0 bridgehead atoms. The van der Waals surface area contributed by atoms with Crippen molar-refractivity contribution in [2.75, 3.05) is 12.3 Å². The Labute approximate surface area is 137 Å². The Morgan fingerprint density at radius 3 is 2.25 bits per heavy atom. The molecule has 0 unspecified atom stereocenters. The summed E-state index contributed by atoms with van der Waals surface area (Å²) in [5.41, 5.74) is 4.61. The number of ether oxygens (including phenoxy) is 1. The molecule has 0 saturated heterocycles. The molecule has 2 rings (SSSR count). The van der Waals surface area contributed by atoms with Gasteiger partial charge in [0.25, 0.3) is 5.91 Å². The lowest BCUT2D eigenvalue weighted by atomic mass is 10.2. The molecule has 0 radical (unpaired) electrons. The molecule has 1 amide bonds. The molecular weight excluding hydrogens is 342 g/mol. The van der Waals surface area contributed by atoms with E-state index in [4.69, 9.17) is 10.5 Å². The van der Waals surface area contributed by atoms with Crippen molar-refractivity contribution in [2.45, 2.75) is 0 Å². The normalized spacial score (nSPS) is 11.1. The lowest BCUT2D eigenvalue weighted by Crippen LogP contribution is -2.34. The van der Waals surface area contributed by atoms with E-state index in [-0.39, 0.29) is 12.3 Å². The summed E-state index contributed by atoms with van der Waals surface area (Å²) in [5.74, 6) is -4.41. The van der Waals surface area contributed by atoms with Gasteiger partial charge in [-0.25, -0.2) is 21.9 Å². The molecule has 3 N–H and O–H groups in total. The van der Waals surface area contributed by atoms with Gasteiger partial charge in [0.2, 0.25) is 10.0 Å². The van der Waals surface area contributed by atoms with Gasteiger partial charge in [0.15, 0.2) is 17.4 Å². The lowest BCUT2D eigenvalue weighted by Gasteiger charge is -2.10. The predicted octanol–water partition coefficient (Wildman–Crippen LogP) is 1.78. The van der Waals surface area contributed by atoms with Crippen LogP contribution < -0.4 is 15.2 Å². The minimum absolute atomic E-state index is 0.199. The van der Waals surface area contributed by atoms with Crippen LogP contribution in [0, 0.1) is 11.6 Å². The van der Waals surface area contributed by atoms with E-state index in [1.807, 2.05) is 0 Å². The fourth-order valence-corrected chi connectivity index (χ4v) is 2.61. The summed E-state index contributed by atoms with van der Waals surface area (Å²) in [6.07, 6.45) is 0. The van der Waals surface area contributed by atoms with Gasteiger partial charge in [0, 0.05) is 12.1 Å². The van der Waals surface area contributed by atoms with Crippen molar-refractivity contribution in [1.82, 2.24) is 4.72 Å². The third kappa shape index (κ3) is 4.49. The monoisotopic (exact) mass is 356 g/mol. The van der Waals surface area contributed by atoms with E-state index in [2.05, 4.69) is 0 Å². The number of benzene rings is 2. The van der Waals surface area contributed by atoms with Crippen LogP contribution in [0.1, 0.15) is 10.4 Å². The van der Waals surface area contributed by atoms with Crippen LogP contribution in [0.2, 0.25) is 0 Å². The Bertz CT molecular complexity index is 819. The topological polar surface area (TPSA) is 98.5 Å². The number of hydrogen-bond donors (Lipinski definition) is 2. The molecule has 0 fully saturated rings. The molecule has 128 valence electrons. The third-order valence-corrected chi connectivity index (χ3v) is 4.13. The Morgan fingerprint density at radius 2 is 1.71 bits per heavy atom. The number of para-hydroxylation sites is 1. The van der Waals surface area contributed by atoms with Gasteiger partial charge in [-0.05, 0) is 24.3 Å². The molecule has 2 aromatic rings. The molecule has 0 aliphatic heterocycles. The number of nitrogens with one attached hydrogen (secondary N) is 1. The molecule has 0 atom stereocenters. The summed E-state index contributed by atoms with van der Waals surface area (Å²) in [5, 5.41) is 0. The van der Waals surface area contributed by atoms with E-state index in [0.29, 0.717) is 12.1 Å². The Morgan fingerprint density at radius 1 is 1.12 bits per heavy atom. The molecule has 2 aromatic carbocycles. The fourth-order valence-electron chi connectivity index (χ4n) is 1.80. The molecule has 0 spiro atoms. The number of carbonyl (C=O) groups excluding carboxylic acids is 1. The molecular formula is C15H14F2N2O4S. The molecule has 0 aliphatic rings. The van der Waals surface area contributed by atoms with E-state index in [1.54, 1.807) is 22.9 Å². The van der Waals surface area contributed by atoms with E-state index in [0.717, 1.165) is 0 Å². The minimum atomic E-state index is -3.96. The van der Waals surface area contributed by atoms with Crippen molar-refractivity contribution in [2.24, 2.45) is 5.73 Å². The van der Waals surface area contributed by atoms with E-state index in [1.165, 1.54) is 12.1 Å². The molecule has 0 saturated carbocycles. The predicted molar refractivity (Wildman–Crippen MR) is 83.2 cm³/mol. The number of amides is 1. The van der Waals surface area contributed by atoms with Crippen LogP contribution in [0.4, 0.5) is 8.78 Å². The highest BCUT2D eigenvalue weighted by Crippen LogP contribution is 2.28. The molecule has 24 heavy (non-hydrogen) atoms. The number of sulfonamides is 1. The standard InChI is InChI=1S/C15H14F2N2O4S/c16-12-8-10(15(20)19-24(21,22)7-6-18)9-13(17)14(12)23-11-4-2-1-3-5-11/h1-5,8-9H,6-7,18H2,(H,19,20). The first-order chi connectivity index (χ1) is 11.3. The summed E-state index contributed by atoms with van der Waals surface area (Å²) < 4.78 is 57.8. The molecule has 9 heteroatoms. The first-order valence-corrected chi connectivity index (χ1v) is 8.44. The fraction of sp³-hybridized carbons (Fsp3) is 0.133. The number of hydrogen-bond acceptors (Lipinski definition) is 5. The van der Waals surface area contributed by atoms with Crippen LogP contribution in [-0.2, 0) is 10.0 Å². The Balaban J connectivity index is 2.25. The second-order valence-corrected chi connectivity index (χ2v) is 6.56. The summed E-state index contributed by atoms with van der Waals surface area (Å²) >= 11 is 0. The number of nitrogens with two attached hydrogens (primary N) is 1. The van der Waals surface area contributed by atoms with E-state index in [9.17, 15) is 22.0 Å². The first-order valence-electron chi connectivity index (χ1n) is 6.79. The van der Waals surface area contributed by atoms with Crippen LogP contribution in [-0.4, -0.2) is 26.6 Å². The van der Waals surface area contributed by atoms with Gasteiger partial charge in [-0.2, -0.15) is 0 Å². The zero-order valence-corrected chi connectivity index (χ0v) is 13.1. The largest absolute Gasteiger partial charge is 0.451 e. The van der Waals surface area contributed by atoms with Gasteiger partial charge in [-0.1, -0.05) is 18.2 Å². The highest BCUT2D eigenvalue weighted by Gasteiger charge is 2.20. The molecule has 0 aromatic heterocycles. The average molecular weight is 356 g/mol. The van der Waals surface area contributed by atoms with Crippen LogP contribution in [0.3, 0.4) is 0 Å². The van der Waals surface area contributed by atoms with Crippen molar-refractivity contribution in [3.05, 3.63) is 59.7 Å². The van der Waals surface area contributed by atoms with Crippen molar-refractivity contribution < 1.29 is 26.7 Å². The quantitative estimate of drug-likeness (QED) is 0.822. The molecule has 0 heterocycles. The summed E-state index contributed by atoms with van der Waals surface area (Å²) in [4.78, 5) is 11.8. The van der Waals surface area contributed by atoms with Crippen LogP contribution in [0.25, 0.3) is 0 Å². The highest BCUT2D eigenvalue weighted by atomic mass is 32.2. The maximum Gasteiger partial charge on any atom is 0.264 e. The van der Waals surface area contributed by atoms with E-state index < -0.39 is 44.6 Å². The number of halogens is 2. The number of carbonyl (C=O) groups is 1. The van der Waals surface area contributed by atoms with Gasteiger partial charge < -0.3 is 10.5 Å². The van der Waals surface area contributed by atoms with Gasteiger partial charge in [0.05, 0.1) is 5.75 Å². The summed E-state index contributed by atoms with van der Waals surface area (Å²) in [6.45, 7) is -0.199. The van der Waals surface area contributed by atoms with Crippen LogP contribution >= 0.6 is 0 Å². The average Bonchev–Trinajstić information content (AvgIpc) is 2.51. The SMILES string of the molecule is NCCS(=O)(=O)NC(=O)c1cc(F)c(Oc2ccccc2)c(F)c1.